The molecule has 0 saturated heterocycles. The molecule has 0 aliphatic heterocycles. The van der Waals surface area contributed by atoms with Crippen LogP contribution in [0.2, 0.25) is 0 Å². The predicted octanol–water partition coefficient (Wildman–Crippen LogP) is -1.04. The first-order chi connectivity index (χ1) is 7.38. The molecule has 0 unspecified atom stereocenters. The summed E-state index contributed by atoms with van der Waals surface area (Å²) in [7, 11) is -4.13. The van der Waals surface area contributed by atoms with Crippen LogP contribution in [0.4, 0.5) is 5.82 Å². The maximum Gasteiger partial charge on any atom is 1.00 e. The summed E-state index contributed by atoms with van der Waals surface area (Å²) in [6, 6.07) is 1.82. The zero-order valence-corrected chi connectivity index (χ0v) is 15.1. The van der Waals surface area contributed by atoms with E-state index in [9.17, 15) is 13.0 Å². The number of nitrogens with zero attached hydrogens (tertiary/aromatic N) is 1. The van der Waals surface area contributed by atoms with E-state index in [4.69, 9.17) is 0 Å². The third-order valence-electron chi connectivity index (χ3n) is 1.67. The van der Waals surface area contributed by atoms with E-state index in [2.05, 4.69) is 42.2 Å². The molecular weight excluding hydrogens is 387 g/mol. The molecule has 1 aromatic rings. The molecule has 0 bridgehead atoms. The molecule has 5 nitrogen and oxygen atoms in total. The van der Waals surface area contributed by atoms with Crippen LogP contribution in [0.1, 0.15) is 6.42 Å². The van der Waals surface area contributed by atoms with Gasteiger partial charge in [0.25, 0.3) is 0 Å². The van der Waals surface area contributed by atoms with E-state index < -0.39 is 10.1 Å². The van der Waals surface area contributed by atoms with E-state index >= 15 is 0 Å². The Morgan fingerprint density at radius 3 is 2.59 bits per heavy atom. The second-order valence-corrected chi connectivity index (χ2v) is 6.32. The molecule has 0 saturated carbocycles. The van der Waals surface area contributed by atoms with E-state index in [-0.39, 0.29) is 41.7 Å². The van der Waals surface area contributed by atoms with Gasteiger partial charge in [0.05, 0.1) is 14.6 Å². The summed E-state index contributed by atoms with van der Waals surface area (Å²) in [6.45, 7) is 0.384. The summed E-state index contributed by atoms with van der Waals surface area (Å²) in [5, 5.41) is 2.93. The molecule has 9 heteroatoms. The van der Waals surface area contributed by atoms with Crippen molar-refractivity contribution in [2.24, 2.45) is 0 Å². The van der Waals surface area contributed by atoms with E-state index in [1.165, 1.54) is 0 Å². The van der Waals surface area contributed by atoms with Crippen molar-refractivity contribution in [2.75, 3.05) is 17.6 Å². The predicted molar refractivity (Wildman–Crippen MR) is 67.3 cm³/mol. The number of hydrogen-bond acceptors (Lipinski definition) is 5. The van der Waals surface area contributed by atoms with E-state index in [1.807, 2.05) is 6.07 Å². The Kier molecular flexibility index (Phi) is 8.47. The third kappa shape index (κ3) is 7.76. The number of pyridine rings is 1. The van der Waals surface area contributed by atoms with Gasteiger partial charge in [-0.2, -0.15) is 0 Å². The first-order valence-corrected chi connectivity index (χ1v) is 7.53. The molecule has 0 radical (unpaired) electrons. The maximum atomic E-state index is 10.3. The second-order valence-electron chi connectivity index (χ2n) is 3.03. The number of hydrogen-bond donors (Lipinski definition) is 1. The smallest absolute Gasteiger partial charge is 0.748 e. The van der Waals surface area contributed by atoms with Gasteiger partial charge >= 0.3 is 29.6 Å². The fraction of sp³-hybridized carbons (Fsp3) is 0.375. The molecule has 0 amide bonds. The van der Waals surface area contributed by atoms with Crippen molar-refractivity contribution in [1.29, 1.82) is 0 Å². The Labute approximate surface area is 139 Å². The molecule has 1 aromatic heterocycles. The van der Waals surface area contributed by atoms with Crippen LogP contribution in [0.5, 0.6) is 0 Å². The van der Waals surface area contributed by atoms with Crippen LogP contribution in [0.15, 0.2) is 21.2 Å². The van der Waals surface area contributed by atoms with Crippen LogP contribution in [-0.4, -0.2) is 30.3 Å². The quantitative estimate of drug-likeness (QED) is 0.391. The largest absolute Gasteiger partial charge is 1.00 e. The summed E-state index contributed by atoms with van der Waals surface area (Å²) >= 11 is 6.57. The van der Waals surface area contributed by atoms with Crippen molar-refractivity contribution >= 4 is 47.8 Å². The second kappa shape index (κ2) is 8.08. The molecule has 0 spiro atoms. The number of aromatic nitrogens is 1. The van der Waals surface area contributed by atoms with Gasteiger partial charge in [-0.1, -0.05) is 0 Å². The SMILES string of the molecule is O=S(=O)([O-])CCCNc1ncc(Br)cc1Br.[Na+]. The first kappa shape index (κ1) is 17.8. The minimum absolute atomic E-state index is 0. The van der Waals surface area contributed by atoms with Gasteiger partial charge in [0, 0.05) is 23.0 Å². The summed E-state index contributed by atoms with van der Waals surface area (Å²) < 4.78 is 32.6. The normalized spacial score (nSPS) is 10.8. The summed E-state index contributed by atoms with van der Waals surface area (Å²) in [5.41, 5.74) is 0. The monoisotopic (exact) mass is 394 g/mol. The van der Waals surface area contributed by atoms with Crippen LogP contribution in [0, 0.1) is 0 Å². The Bertz CT molecular complexity index is 470. The van der Waals surface area contributed by atoms with Crippen molar-refractivity contribution in [3.05, 3.63) is 21.2 Å². The number of rotatable bonds is 5. The molecule has 0 aromatic carbocycles. The van der Waals surface area contributed by atoms with Gasteiger partial charge in [0.15, 0.2) is 0 Å². The number of halogens is 2. The molecule has 1 heterocycles. The van der Waals surface area contributed by atoms with Gasteiger partial charge in [-0.15, -0.1) is 0 Å². The number of nitrogens with one attached hydrogen (secondary N) is 1. The van der Waals surface area contributed by atoms with Crippen LogP contribution >= 0.6 is 31.9 Å². The summed E-state index contributed by atoms with van der Waals surface area (Å²) in [6.07, 6.45) is 1.88. The molecule has 1 rings (SSSR count). The van der Waals surface area contributed by atoms with Crippen LogP contribution in [-0.2, 0) is 10.1 Å². The van der Waals surface area contributed by atoms with Gasteiger partial charge in [-0.05, 0) is 44.3 Å². The van der Waals surface area contributed by atoms with E-state index in [1.54, 1.807) is 6.20 Å². The van der Waals surface area contributed by atoms with Crippen LogP contribution < -0.4 is 34.9 Å². The molecule has 0 fully saturated rings. The third-order valence-corrected chi connectivity index (χ3v) is 3.50. The molecule has 90 valence electrons. The first-order valence-electron chi connectivity index (χ1n) is 4.37. The Hall–Kier alpha value is 0.820. The average Bonchev–Trinajstić information content (AvgIpc) is 2.13. The van der Waals surface area contributed by atoms with Crippen molar-refractivity contribution in [3.8, 4) is 0 Å². The summed E-state index contributed by atoms with van der Waals surface area (Å²) in [5.74, 6) is 0.250. The van der Waals surface area contributed by atoms with Gasteiger partial charge in [-0.25, -0.2) is 13.4 Å². The molecule has 17 heavy (non-hydrogen) atoms. The van der Waals surface area contributed by atoms with Gasteiger partial charge < -0.3 is 9.87 Å². The van der Waals surface area contributed by atoms with Crippen LogP contribution in [0.25, 0.3) is 0 Å². The van der Waals surface area contributed by atoms with Crippen molar-refractivity contribution < 1.29 is 42.5 Å². The summed E-state index contributed by atoms with van der Waals surface area (Å²) in [4.78, 5) is 4.08. The Morgan fingerprint density at radius 1 is 1.41 bits per heavy atom. The van der Waals surface area contributed by atoms with E-state index in [0.29, 0.717) is 12.4 Å². The standard InChI is InChI=1S/C8H10Br2N2O3S.Na/c9-6-4-7(10)8(12-5-6)11-2-1-3-16(13,14)15;/h4-5H,1-3H2,(H,11,12)(H,13,14,15);/q;+1/p-1. The fourth-order valence-electron chi connectivity index (χ4n) is 1.00. The Balaban J connectivity index is 0.00000256. The average molecular weight is 396 g/mol. The molecule has 0 aliphatic rings. The zero-order chi connectivity index (χ0) is 12.2. The van der Waals surface area contributed by atoms with E-state index in [0.717, 1.165) is 8.95 Å². The Morgan fingerprint density at radius 2 is 2.06 bits per heavy atom. The van der Waals surface area contributed by atoms with Crippen LogP contribution in [0.3, 0.4) is 0 Å². The minimum atomic E-state index is -4.13. The van der Waals surface area contributed by atoms with Crippen molar-refractivity contribution in [3.63, 3.8) is 0 Å². The maximum absolute atomic E-state index is 10.3. The molecule has 0 aliphatic carbocycles. The fourth-order valence-corrected chi connectivity index (χ4v) is 2.63. The van der Waals surface area contributed by atoms with Gasteiger partial charge in [0.2, 0.25) is 0 Å². The van der Waals surface area contributed by atoms with Gasteiger partial charge in [-0.3, -0.25) is 0 Å². The number of anilines is 1. The van der Waals surface area contributed by atoms with Crippen molar-refractivity contribution in [2.45, 2.75) is 6.42 Å². The molecule has 1 N–H and O–H groups in total. The van der Waals surface area contributed by atoms with Crippen molar-refractivity contribution in [1.82, 2.24) is 4.98 Å². The topological polar surface area (TPSA) is 82.1 Å². The minimum Gasteiger partial charge on any atom is -0.748 e. The molecular formula is C8H9Br2N2NaO3S. The van der Waals surface area contributed by atoms with Gasteiger partial charge in [0.1, 0.15) is 5.82 Å². The molecule has 0 atom stereocenters. The zero-order valence-electron chi connectivity index (χ0n) is 9.11.